The van der Waals surface area contributed by atoms with E-state index in [4.69, 9.17) is 4.74 Å². The Hall–Kier alpha value is -2.82. The molecule has 0 radical (unpaired) electrons. The van der Waals surface area contributed by atoms with Crippen LogP contribution in [0.25, 0.3) is 0 Å². The SMILES string of the molecule is COc1ccc(C(=O)N2CCCCC23Cc2ccccc2NC3=O)cc1. The zero-order valence-corrected chi connectivity index (χ0v) is 14.8. The molecule has 1 fully saturated rings. The quantitative estimate of drug-likeness (QED) is 0.904. The molecule has 1 N–H and O–H groups in total. The number of para-hydroxylation sites is 1. The third-order valence-corrected chi connectivity index (χ3v) is 5.49. The van der Waals surface area contributed by atoms with Gasteiger partial charge in [0, 0.05) is 24.2 Å². The lowest BCUT2D eigenvalue weighted by molar-refractivity contribution is -0.129. The van der Waals surface area contributed by atoms with Crippen molar-refractivity contribution in [3.8, 4) is 5.75 Å². The lowest BCUT2D eigenvalue weighted by Crippen LogP contribution is -2.63. The predicted molar refractivity (Wildman–Crippen MR) is 99.4 cm³/mol. The van der Waals surface area contributed by atoms with Gasteiger partial charge in [0.05, 0.1) is 7.11 Å². The van der Waals surface area contributed by atoms with Gasteiger partial charge in [-0.25, -0.2) is 0 Å². The van der Waals surface area contributed by atoms with E-state index in [0.29, 0.717) is 30.7 Å². The summed E-state index contributed by atoms with van der Waals surface area (Å²) in [6.07, 6.45) is 3.12. The van der Waals surface area contributed by atoms with Crippen LogP contribution in [0.5, 0.6) is 5.75 Å². The average molecular weight is 350 g/mol. The highest BCUT2D eigenvalue weighted by Gasteiger charge is 2.50. The highest BCUT2D eigenvalue weighted by Crippen LogP contribution is 2.39. The fourth-order valence-electron chi connectivity index (χ4n) is 4.07. The summed E-state index contributed by atoms with van der Waals surface area (Å²) < 4.78 is 5.17. The van der Waals surface area contributed by atoms with Gasteiger partial charge in [0.15, 0.2) is 0 Å². The average Bonchev–Trinajstić information content (AvgIpc) is 2.69. The molecule has 2 aromatic rings. The summed E-state index contributed by atoms with van der Waals surface area (Å²) in [6, 6.07) is 14.9. The summed E-state index contributed by atoms with van der Waals surface area (Å²) >= 11 is 0. The van der Waals surface area contributed by atoms with Crippen molar-refractivity contribution in [2.24, 2.45) is 0 Å². The minimum atomic E-state index is -0.802. The smallest absolute Gasteiger partial charge is 0.254 e. The van der Waals surface area contributed by atoms with E-state index in [1.165, 1.54) is 0 Å². The van der Waals surface area contributed by atoms with Gasteiger partial charge in [-0.2, -0.15) is 0 Å². The number of carbonyl (C=O) groups excluding carboxylic acids is 2. The van der Waals surface area contributed by atoms with E-state index in [0.717, 1.165) is 24.1 Å². The van der Waals surface area contributed by atoms with Gasteiger partial charge in [0.25, 0.3) is 11.8 Å². The van der Waals surface area contributed by atoms with Crippen LogP contribution in [0.3, 0.4) is 0 Å². The predicted octanol–water partition coefficient (Wildman–Crippen LogP) is 3.25. The lowest BCUT2D eigenvalue weighted by atomic mass is 9.77. The van der Waals surface area contributed by atoms with Crippen molar-refractivity contribution < 1.29 is 14.3 Å². The van der Waals surface area contributed by atoms with Gasteiger partial charge in [0.1, 0.15) is 11.3 Å². The number of nitrogens with one attached hydrogen (secondary N) is 1. The first-order valence-electron chi connectivity index (χ1n) is 8.99. The van der Waals surface area contributed by atoms with Crippen molar-refractivity contribution in [3.05, 3.63) is 59.7 Å². The lowest BCUT2D eigenvalue weighted by Gasteiger charge is -2.48. The van der Waals surface area contributed by atoms with Crippen molar-refractivity contribution in [1.82, 2.24) is 4.90 Å². The van der Waals surface area contributed by atoms with E-state index in [9.17, 15) is 9.59 Å². The maximum atomic E-state index is 13.2. The second-order valence-corrected chi connectivity index (χ2v) is 6.96. The molecule has 0 aromatic heterocycles. The number of nitrogens with zero attached hydrogens (tertiary/aromatic N) is 1. The molecule has 2 aromatic carbocycles. The largest absolute Gasteiger partial charge is 0.497 e. The molecule has 5 heteroatoms. The van der Waals surface area contributed by atoms with Gasteiger partial charge in [0.2, 0.25) is 0 Å². The fraction of sp³-hybridized carbons (Fsp3) is 0.333. The Labute approximate surface area is 153 Å². The van der Waals surface area contributed by atoms with Crippen LogP contribution in [0.1, 0.15) is 35.2 Å². The maximum Gasteiger partial charge on any atom is 0.254 e. The van der Waals surface area contributed by atoms with Crippen LogP contribution in [0.4, 0.5) is 5.69 Å². The van der Waals surface area contributed by atoms with Crippen LogP contribution in [-0.4, -0.2) is 35.9 Å². The standard InChI is InChI=1S/C21H22N2O3/c1-26-17-10-8-15(9-11-17)19(24)23-13-5-4-12-21(23)14-16-6-2-3-7-18(16)22-20(21)25/h2-3,6-11H,4-5,12-14H2,1H3,(H,22,25). The molecule has 2 amide bonds. The third kappa shape index (κ3) is 2.64. The Balaban J connectivity index is 1.70. The van der Waals surface area contributed by atoms with Crippen molar-refractivity contribution in [2.45, 2.75) is 31.2 Å². The Morgan fingerprint density at radius 2 is 1.88 bits per heavy atom. The summed E-state index contributed by atoms with van der Waals surface area (Å²) in [6.45, 7) is 0.598. The van der Waals surface area contributed by atoms with E-state index < -0.39 is 5.54 Å². The van der Waals surface area contributed by atoms with Gasteiger partial charge in [-0.05, 0) is 55.2 Å². The van der Waals surface area contributed by atoms with Gasteiger partial charge in [-0.3, -0.25) is 9.59 Å². The molecule has 1 saturated heterocycles. The number of fused-ring (bicyclic) bond motifs is 1. The second-order valence-electron chi connectivity index (χ2n) is 6.96. The number of methoxy groups -OCH3 is 1. The number of likely N-dealkylation sites (tertiary alicyclic amines) is 1. The van der Waals surface area contributed by atoms with E-state index in [-0.39, 0.29) is 11.8 Å². The molecule has 1 atom stereocenters. The molecule has 2 aliphatic rings. The summed E-state index contributed by atoms with van der Waals surface area (Å²) in [5.74, 6) is 0.541. The summed E-state index contributed by atoms with van der Waals surface area (Å²) in [5, 5.41) is 3.02. The van der Waals surface area contributed by atoms with Crippen LogP contribution in [0.2, 0.25) is 0 Å². The maximum absolute atomic E-state index is 13.2. The number of anilines is 1. The number of rotatable bonds is 2. The second kappa shape index (κ2) is 6.48. The number of ether oxygens (including phenoxy) is 1. The molecule has 0 aliphatic carbocycles. The molecular weight excluding hydrogens is 328 g/mol. The van der Waals surface area contributed by atoms with Gasteiger partial charge in [-0.15, -0.1) is 0 Å². The highest BCUT2D eigenvalue weighted by molar-refractivity contribution is 6.06. The number of carbonyl (C=O) groups is 2. The Bertz CT molecular complexity index is 847. The monoisotopic (exact) mass is 350 g/mol. The first-order valence-corrected chi connectivity index (χ1v) is 8.99. The number of amides is 2. The molecule has 1 unspecified atom stereocenters. The van der Waals surface area contributed by atoms with Crippen molar-refractivity contribution in [3.63, 3.8) is 0 Å². The topological polar surface area (TPSA) is 58.6 Å². The first-order chi connectivity index (χ1) is 12.6. The van der Waals surface area contributed by atoms with E-state index >= 15 is 0 Å². The van der Waals surface area contributed by atoms with Crippen molar-refractivity contribution in [2.75, 3.05) is 19.0 Å². The highest BCUT2D eigenvalue weighted by atomic mass is 16.5. The fourth-order valence-corrected chi connectivity index (χ4v) is 4.07. The molecule has 1 spiro atoms. The minimum absolute atomic E-state index is 0.0715. The van der Waals surface area contributed by atoms with E-state index in [1.54, 1.807) is 36.3 Å². The van der Waals surface area contributed by atoms with Crippen LogP contribution in [0, 0.1) is 0 Å². The molecule has 0 saturated carbocycles. The Morgan fingerprint density at radius 1 is 1.12 bits per heavy atom. The molecule has 4 rings (SSSR count). The van der Waals surface area contributed by atoms with Crippen molar-refractivity contribution >= 4 is 17.5 Å². The Kier molecular flexibility index (Phi) is 4.15. The van der Waals surface area contributed by atoms with Crippen molar-refractivity contribution in [1.29, 1.82) is 0 Å². The summed E-state index contributed by atoms with van der Waals surface area (Å²) in [5.41, 5.74) is 1.72. The van der Waals surface area contributed by atoms with Crippen LogP contribution in [0.15, 0.2) is 48.5 Å². The number of hydrogen-bond acceptors (Lipinski definition) is 3. The van der Waals surface area contributed by atoms with Crippen LogP contribution < -0.4 is 10.1 Å². The summed E-state index contributed by atoms with van der Waals surface area (Å²) in [4.78, 5) is 28.1. The van der Waals surface area contributed by atoms with Gasteiger partial charge in [-0.1, -0.05) is 18.2 Å². The first kappa shape index (κ1) is 16.6. The third-order valence-electron chi connectivity index (χ3n) is 5.49. The molecule has 5 nitrogen and oxygen atoms in total. The Morgan fingerprint density at radius 3 is 2.65 bits per heavy atom. The molecule has 2 aliphatic heterocycles. The van der Waals surface area contributed by atoms with Gasteiger partial charge < -0.3 is 15.0 Å². The van der Waals surface area contributed by atoms with Gasteiger partial charge >= 0.3 is 0 Å². The number of hydrogen-bond donors (Lipinski definition) is 1. The molecule has 0 bridgehead atoms. The zero-order valence-electron chi connectivity index (χ0n) is 14.8. The molecule has 26 heavy (non-hydrogen) atoms. The molecule has 2 heterocycles. The van der Waals surface area contributed by atoms with Crippen LogP contribution in [-0.2, 0) is 11.2 Å². The summed E-state index contributed by atoms with van der Waals surface area (Å²) in [7, 11) is 1.60. The normalized spacial score (nSPS) is 21.9. The van der Waals surface area contributed by atoms with E-state index in [1.807, 2.05) is 24.3 Å². The van der Waals surface area contributed by atoms with E-state index in [2.05, 4.69) is 5.32 Å². The molecular formula is C21H22N2O3. The minimum Gasteiger partial charge on any atom is -0.497 e. The zero-order chi connectivity index (χ0) is 18.1. The number of benzene rings is 2. The number of piperidine rings is 1. The molecule has 134 valence electrons. The van der Waals surface area contributed by atoms with Crippen LogP contribution >= 0.6 is 0 Å².